The lowest BCUT2D eigenvalue weighted by Crippen LogP contribution is -2.66. The number of rotatable bonds is 55. The summed E-state index contributed by atoms with van der Waals surface area (Å²) in [7, 11) is -5.24. The first kappa shape index (κ1) is 77.1. The smallest absolute Gasteiger partial charge is 0.481 e. The molecule has 1 saturated heterocycles. The Labute approximate surface area is 538 Å². The van der Waals surface area contributed by atoms with Crippen molar-refractivity contribution in [2.45, 2.75) is 302 Å². The zero-order valence-corrected chi connectivity index (χ0v) is 55.5. The molecule has 4 rings (SSSR count). The van der Waals surface area contributed by atoms with Crippen molar-refractivity contribution in [2.75, 3.05) is 6.61 Å². The number of aliphatic carboxylic acids is 1. The van der Waals surface area contributed by atoms with Gasteiger partial charge in [0.05, 0.1) is 25.9 Å². The largest absolute Gasteiger partial charge is 0.547 e. The summed E-state index contributed by atoms with van der Waals surface area (Å²) < 4.78 is 64.0. The van der Waals surface area contributed by atoms with Gasteiger partial charge in [-0.2, -0.15) is 0 Å². The molecule has 1 aliphatic heterocycles. The SMILES string of the molecule is CCCCCCCCCCCCCC(=O)O[C@@H](CCCCCCCCCCC)CC(=O)N[C@H]1[C@H](OCc2ccccc2)O[C@H](COC(=O)CCC(=O)O)[C@@H](OP(=O)(OOc2ccccc2)OOc2ccccc2)[C@@H]1OC(=O)CCCCCCCCCCCCC. The summed E-state index contributed by atoms with van der Waals surface area (Å²) in [6.07, 6.45) is 25.4. The van der Waals surface area contributed by atoms with Crippen molar-refractivity contribution < 1.29 is 81.0 Å². The van der Waals surface area contributed by atoms with Gasteiger partial charge >= 0.3 is 31.7 Å². The average molecular weight is 1280 g/mol. The van der Waals surface area contributed by atoms with E-state index in [1.807, 2.05) is 30.3 Å². The third-order valence-corrected chi connectivity index (χ3v) is 17.0. The number of carboxylic acids is 1. The second-order valence-electron chi connectivity index (χ2n) is 23.9. The summed E-state index contributed by atoms with van der Waals surface area (Å²) in [6.45, 7) is 5.84. The van der Waals surface area contributed by atoms with E-state index in [-0.39, 0.29) is 43.3 Å². The minimum absolute atomic E-state index is 0.0546. The molecule has 6 atom stereocenters. The van der Waals surface area contributed by atoms with E-state index >= 15 is 4.57 Å². The van der Waals surface area contributed by atoms with Gasteiger partial charge in [0.15, 0.2) is 23.9 Å². The van der Waals surface area contributed by atoms with Gasteiger partial charge in [-0.25, -0.2) is 4.57 Å². The second-order valence-corrected chi connectivity index (χ2v) is 25.3. The molecule has 90 heavy (non-hydrogen) atoms. The second kappa shape index (κ2) is 49.3. The molecule has 19 heteroatoms. The number of amides is 1. The summed E-state index contributed by atoms with van der Waals surface area (Å²) in [4.78, 5) is 78.9. The molecule has 0 unspecified atom stereocenters. The van der Waals surface area contributed by atoms with E-state index in [2.05, 4.69) is 26.1 Å². The minimum atomic E-state index is -5.24. The van der Waals surface area contributed by atoms with E-state index in [4.69, 9.17) is 47.3 Å². The van der Waals surface area contributed by atoms with E-state index in [0.717, 1.165) is 77.0 Å². The minimum Gasteiger partial charge on any atom is -0.481 e. The highest BCUT2D eigenvalue weighted by Gasteiger charge is 2.54. The Morgan fingerprint density at radius 1 is 0.511 bits per heavy atom. The van der Waals surface area contributed by atoms with Crippen LogP contribution in [0.15, 0.2) is 91.0 Å². The molecule has 0 bridgehead atoms. The van der Waals surface area contributed by atoms with Gasteiger partial charge in [-0.3, -0.25) is 28.5 Å². The van der Waals surface area contributed by atoms with E-state index < -0.39 is 87.8 Å². The lowest BCUT2D eigenvalue weighted by Gasteiger charge is -2.45. The predicted octanol–water partition coefficient (Wildman–Crippen LogP) is 17.9. The Bertz CT molecular complexity index is 2340. The highest BCUT2D eigenvalue weighted by atomic mass is 31.2. The number of para-hydroxylation sites is 2. The van der Waals surface area contributed by atoms with Crippen LogP contribution in [-0.2, 0) is 72.7 Å². The van der Waals surface area contributed by atoms with Crippen molar-refractivity contribution in [3.8, 4) is 11.5 Å². The third-order valence-electron chi connectivity index (χ3n) is 15.9. The maximum Gasteiger partial charge on any atom is 0.547 e. The van der Waals surface area contributed by atoms with Crippen LogP contribution < -0.4 is 15.1 Å². The lowest BCUT2D eigenvalue weighted by molar-refractivity contribution is -0.282. The molecular formula is C71H110NO17P. The van der Waals surface area contributed by atoms with E-state index in [1.165, 1.54) is 127 Å². The van der Waals surface area contributed by atoms with Gasteiger partial charge in [-0.1, -0.05) is 277 Å². The number of carbonyl (C=O) groups excluding carboxylic acids is 4. The van der Waals surface area contributed by atoms with Crippen molar-refractivity contribution in [2.24, 2.45) is 0 Å². The summed E-state index contributed by atoms with van der Waals surface area (Å²) in [5.74, 6) is -3.70. The summed E-state index contributed by atoms with van der Waals surface area (Å²) >= 11 is 0. The van der Waals surface area contributed by atoms with Gasteiger partial charge in [-0.05, 0) is 55.5 Å². The third kappa shape index (κ3) is 36.0. The normalized spacial score (nSPS) is 16.9. The Morgan fingerprint density at radius 3 is 1.41 bits per heavy atom. The van der Waals surface area contributed by atoms with Crippen LogP contribution in [0.5, 0.6) is 11.5 Å². The molecule has 1 aliphatic rings. The van der Waals surface area contributed by atoms with Crippen molar-refractivity contribution in [1.29, 1.82) is 0 Å². The van der Waals surface area contributed by atoms with Crippen molar-refractivity contribution in [1.82, 2.24) is 5.32 Å². The number of ether oxygens (including phenoxy) is 5. The van der Waals surface area contributed by atoms with Gasteiger partial charge < -0.3 is 43.9 Å². The number of unbranched alkanes of at least 4 members (excludes halogenated alkanes) is 28. The van der Waals surface area contributed by atoms with Gasteiger partial charge in [0.2, 0.25) is 5.91 Å². The van der Waals surface area contributed by atoms with Crippen LogP contribution in [0.2, 0.25) is 0 Å². The van der Waals surface area contributed by atoms with Crippen LogP contribution >= 0.6 is 7.82 Å². The molecule has 0 saturated carbocycles. The molecule has 0 radical (unpaired) electrons. The van der Waals surface area contributed by atoms with Gasteiger partial charge in [0.1, 0.15) is 31.0 Å². The van der Waals surface area contributed by atoms with Crippen LogP contribution in [0, 0.1) is 0 Å². The number of nitrogens with one attached hydrogen (secondary N) is 1. The quantitative estimate of drug-likeness (QED) is 0.0134. The fourth-order valence-electron chi connectivity index (χ4n) is 10.8. The van der Waals surface area contributed by atoms with Gasteiger partial charge in [0.25, 0.3) is 0 Å². The van der Waals surface area contributed by atoms with Crippen LogP contribution in [0.3, 0.4) is 0 Å². The average Bonchev–Trinajstić information content (AvgIpc) is 0.901. The molecule has 506 valence electrons. The van der Waals surface area contributed by atoms with Crippen LogP contribution in [-0.4, -0.2) is 78.2 Å². The summed E-state index contributed by atoms with van der Waals surface area (Å²) in [6, 6.07) is 23.8. The zero-order valence-electron chi connectivity index (χ0n) is 54.6. The van der Waals surface area contributed by atoms with E-state index in [9.17, 15) is 29.1 Å². The number of esters is 3. The maximum absolute atomic E-state index is 15.2. The molecule has 0 aliphatic carbocycles. The summed E-state index contributed by atoms with van der Waals surface area (Å²) in [5, 5.41) is 12.4. The molecule has 3 aromatic rings. The van der Waals surface area contributed by atoms with Crippen molar-refractivity contribution >= 4 is 37.6 Å². The Balaban J connectivity index is 1.70. The standard InChI is InChI=1S/C71H110NO17P/c1-4-7-10-13-16-19-21-24-27-30-42-51-66(77)82-61(50-37-29-26-23-18-15-12-9-6-3)55-63(73)72-68-70(84-67(78)52-43-31-28-25-22-20-17-14-11-8-5-2)69(87-90(79,88-85-59-46-38-33-39-47-59)89-86-60-48-40-34-41-49-60)62(57-80-65(76)54-53-64(74)75)83-71(68)81-56-58-44-35-32-36-45-58/h32-36,38-41,44-49,61-62,68-71H,4-31,37,42-43,50-57H2,1-3H3,(H,72,73)(H,74,75)/t61-,62+,68+,69+,70+,71+/m0/s1. The Morgan fingerprint density at radius 2 is 0.944 bits per heavy atom. The highest BCUT2D eigenvalue weighted by molar-refractivity contribution is 7.48. The lowest BCUT2D eigenvalue weighted by atomic mass is 9.95. The van der Waals surface area contributed by atoms with Crippen LogP contribution in [0.1, 0.15) is 264 Å². The molecule has 1 fully saturated rings. The predicted molar refractivity (Wildman–Crippen MR) is 347 cm³/mol. The number of carboxylic acid groups (broad SMARTS) is 1. The molecule has 3 aromatic carbocycles. The van der Waals surface area contributed by atoms with Crippen LogP contribution in [0.4, 0.5) is 0 Å². The number of phosphoric acid groups is 1. The Hall–Kier alpha value is -5.36. The molecule has 1 amide bonds. The van der Waals surface area contributed by atoms with Crippen molar-refractivity contribution in [3.05, 3.63) is 96.6 Å². The van der Waals surface area contributed by atoms with Gasteiger partial charge in [-0.15, -0.1) is 0 Å². The van der Waals surface area contributed by atoms with E-state index in [1.54, 1.807) is 36.4 Å². The molecule has 0 aromatic heterocycles. The summed E-state index contributed by atoms with van der Waals surface area (Å²) in [5.41, 5.74) is 0.708. The number of hydrogen-bond acceptors (Lipinski definition) is 16. The monoisotopic (exact) mass is 1280 g/mol. The Kier molecular flexibility index (Phi) is 42.2. The first-order chi connectivity index (χ1) is 43.9. The van der Waals surface area contributed by atoms with Crippen LogP contribution in [0.25, 0.3) is 0 Å². The molecule has 18 nitrogen and oxygen atoms in total. The zero-order chi connectivity index (χ0) is 64.5. The number of carbonyl (C=O) groups is 5. The fraction of sp³-hybridized carbons (Fsp3) is 0.676. The number of benzene rings is 3. The van der Waals surface area contributed by atoms with Crippen molar-refractivity contribution in [3.63, 3.8) is 0 Å². The van der Waals surface area contributed by atoms with Gasteiger partial charge in [0, 0.05) is 12.8 Å². The maximum atomic E-state index is 15.2. The first-order valence-electron chi connectivity index (χ1n) is 34.4. The fourth-order valence-corrected chi connectivity index (χ4v) is 11.8. The molecule has 1 heterocycles. The first-order valence-corrected chi connectivity index (χ1v) is 35.9. The number of hydrogen-bond donors (Lipinski definition) is 2. The topological polar surface area (TPSA) is 227 Å². The highest BCUT2D eigenvalue weighted by Crippen LogP contribution is 2.53. The molecule has 2 N–H and O–H groups in total. The van der Waals surface area contributed by atoms with E-state index in [0.29, 0.717) is 31.2 Å². The molecule has 0 spiro atoms. The molecular weight excluding hydrogens is 1170 g/mol.